The number of carbonyl (C=O) groups excluding carboxylic acids is 1. The van der Waals surface area contributed by atoms with E-state index in [2.05, 4.69) is 5.32 Å². The van der Waals surface area contributed by atoms with Crippen molar-refractivity contribution in [2.24, 2.45) is 0 Å². The van der Waals surface area contributed by atoms with Crippen LogP contribution >= 0.6 is 0 Å². The van der Waals surface area contributed by atoms with Crippen molar-refractivity contribution >= 4 is 27.3 Å². The number of hydrogen-bond donors (Lipinski definition) is 1. The van der Waals surface area contributed by atoms with Gasteiger partial charge in [-0.25, -0.2) is 12.8 Å². The zero-order chi connectivity index (χ0) is 21.7. The van der Waals surface area contributed by atoms with Gasteiger partial charge >= 0.3 is 0 Å². The molecule has 1 amide bonds. The predicted molar refractivity (Wildman–Crippen MR) is 114 cm³/mol. The third-order valence-electron chi connectivity index (χ3n) is 4.43. The average molecular weight is 428 g/mol. The summed E-state index contributed by atoms with van der Waals surface area (Å²) in [6.07, 6.45) is 0. The average Bonchev–Trinajstić information content (AvgIpc) is 2.74. The Morgan fingerprint density at radius 3 is 2.40 bits per heavy atom. The number of carbonyl (C=O) groups is 1. The summed E-state index contributed by atoms with van der Waals surface area (Å²) in [5, 5.41) is 2.60. The Morgan fingerprint density at radius 2 is 1.77 bits per heavy atom. The highest BCUT2D eigenvalue weighted by atomic mass is 32.2. The van der Waals surface area contributed by atoms with Crippen molar-refractivity contribution in [1.29, 1.82) is 0 Å². The number of benzene rings is 3. The predicted octanol–water partition coefficient (Wildman–Crippen LogP) is 4.30. The molecule has 6 nitrogen and oxygen atoms in total. The Hall–Kier alpha value is -3.39. The second-order valence-corrected chi connectivity index (χ2v) is 8.19. The number of nitrogens with zero attached hydrogens (tertiary/aromatic N) is 1. The molecular formula is C22H21FN2O4S. The lowest BCUT2D eigenvalue weighted by Gasteiger charge is -2.23. The maximum atomic E-state index is 13.4. The van der Waals surface area contributed by atoms with Gasteiger partial charge in [0.2, 0.25) is 0 Å². The molecule has 3 aromatic carbocycles. The summed E-state index contributed by atoms with van der Waals surface area (Å²) in [6, 6.07) is 18.1. The maximum absolute atomic E-state index is 13.4. The molecule has 0 heterocycles. The fourth-order valence-corrected chi connectivity index (χ4v) is 4.48. The van der Waals surface area contributed by atoms with Gasteiger partial charge in [0.15, 0.2) is 0 Å². The molecule has 0 aromatic heterocycles. The molecule has 8 heteroatoms. The molecule has 0 aliphatic rings. The molecule has 3 rings (SSSR count). The normalized spacial score (nSPS) is 11.0. The third-order valence-corrected chi connectivity index (χ3v) is 6.32. The number of rotatable bonds is 7. The Balaban J connectivity index is 1.98. The van der Waals surface area contributed by atoms with E-state index in [0.717, 1.165) is 6.07 Å². The minimum atomic E-state index is -3.89. The standard InChI is InChI=1S/C22H21FN2O4S/c1-3-25(18-10-5-4-6-11-18)30(27,28)19-12-13-21(29-2)20(15-19)24-22(26)16-8-7-9-17(23)14-16/h4-15H,3H2,1-2H3,(H,24,26). The minimum absolute atomic E-state index is 0.0106. The van der Waals surface area contributed by atoms with Crippen LogP contribution in [-0.4, -0.2) is 28.0 Å². The number of hydrogen-bond acceptors (Lipinski definition) is 4. The number of anilines is 2. The third kappa shape index (κ3) is 4.44. The summed E-state index contributed by atoms with van der Waals surface area (Å²) in [6.45, 7) is 1.96. The zero-order valence-electron chi connectivity index (χ0n) is 16.5. The highest BCUT2D eigenvalue weighted by molar-refractivity contribution is 7.92. The Kier molecular flexibility index (Phi) is 6.37. The fraction of sp³-hybridized carbons (Fsp3) is 0.136. The van der Waals surface area contributed by atoms with E-state index in [9.17, 15) is 17.6 Å². The van der Waals surface area contributed by atoms with E-state index in [4.69, 9.17) is 4.74 Å². The Bertz CT molecular complexity index is 1150. The molecule has 0 atom stereocenters. The number of para-hydroxylation sites is 1. The first kappa shape index (κ1) is 21.3. The summed E-state index contributed by atoms with van der Waals surface area (Å²) in [5.41, 5.74) is 0.794. The molecule has 0 aliphatic carbocycles. The second-order valence-electron chi connectivity index (χ2n) is 6.33. The van der Waals surface area contributed by atoms with Crippen molar-refractivity contribution in [1.82, 2.24) is 0 Å². The molecule has 0 saturated heterocycles. The molecule has 30 heavy (non-hydrogen) atoms. The van der Waals surface area contributed by atoms with Crippen molar-refractivity contribution in [2.75, 3.05) is 23.3 Å². The summed E-state index contributed by atoms with van der Waals surface area (Å²) in [4.78, 5) is 12.5. The topological polar surface area (TPSA) is 75.7 Å². The van der Waals surface area contributed by atoms with Crippen LogP contribution < -0.4 is 14.4 Å². The van der Waals surface area contributed by atoms with Crippen LogP contribution in [-0.2, 0) is 10.0 Å². The highest BCUT2D eigenvalue weighted by Gasteiger charge is 2.25. The number of amides is 1. The molecular weight excluding hydrogens is 407 g/mol. The summed E-state index contributed by atoms with van der Waals surface area (Å²) in [7, 11) is -2.49. The van der Waals surface area contributed by atoms with Gasteiger partial charge in [0.05, 0.1) is 23.4 Å². The number of ether oxygens (including phenoxy) is 1. The van der Waals surface area contributed by atoms with Gasteiger partial charge in [-0.05, 0) is 55.5 Å². The van der Waals surface area contributed by atoms with E-state index in [1.807, 2.05) is 0 Å². The first-order valence-corrected chi connectivity index (χ1v) is 10.6. The molecule has 0 aliphatic heterocycles. The van der Waals surface area contributed by atoms with Crippen molar-refractivity contribution in [3.05, 3.63) is 84.2 Å². The van der Waals surface area contributed by atoms with E-state index < -0.39 is 21.7 Å². The van der Waals surface area contributed by atoms with Crippen LogP contribution in [0, 0.1) is 5.82 Å². The van der Waals surface area contributed by atoms with Crippen LogP contribution in [0.4, 0.5) is 15.8 Å². The summed E-state index contributed by atoms with van der Waals surface area (Å²) < 4.78 is 46.4. The Morgan fingerprint density at radius 1 is 1.03 bits per heavy atom. The monoisotopic (exact) mass is 428 g/mol. The first-order valence-electron chi connectivity index (χ1n) is 9.19. The van der Waals surface area contributed by atoms with Gasteiger partial charge in [0.1, 0.15) is 11.6 Å². The van der Waals surface area contributed by atoms with E-state index in [1.165, 1.54) is 47.8 Å². The molecule has 0 spiro atoms. The smallest absolute Gasteiger partial charge is 0.264 e. The SMILES string of the molecule is CCN(c1ccccc1)S(=O)(=O)c1ccc(OC)c(NC(=O)c2cccc(F)c2)c1. The van der Waals surface area contributed by atoms with Crippen molar-refractivity contribution in [2.45, 2.75) is 11.8 Å². The van der Waals surface area contributed by atoms with Gasteiger partial charge in [-0.15, -0.1) is 0 Å². The number of nitrogens with one attached hydrogen (secondary N) is 1. The summed E-state index contributed by atoms with van der Waals surface area (Å²) >= 11 is 0. The number of halogens is 1. The van der Waals surface area contributed by atoms with Crippen molar-refractivity contribution < 1.29 is 22.3 Å². The number of sulfonamides is 1. The zero-order valence-corrected chi connectivity index (χ0v) is 17.3. The molecule has 0 unspecified atom stereocenters. The van der Waals surface area contributed by atoms with Crippen LogP contribution in [0.1, 0.15) is 17.3 Å². The lowest BCUT2D eigenvalue weighted by molar-refractivity contribution is 0.102. The highest BCUT2D eigenvalue weighted by Crippen LogP contribution is 2.31. The fourth-order valence-electron chi connectivity index (χ4n) is 2.98. The summed E-state index contributed by atoms with van der Waals surface area (Å²) in [5.74, 6) is -0.855. The van der Waals surface area contributed by atoms with Crippen LogP contribution in [0.3, 0.4) is 0 Å². The van der Waals surface area contributed by atoms with E-state index in [0.29, 0.717) is 5.69 Å². The second kappa shape index (κ2) is 8.96. The number of methoxy groups -OCH3 is 1. The molecule has 0 radical (unpaired) electrons. The molecule has 0 bridgehead atoms. The lowest BCUT2D eigenvalue weighted by atomic mass is 10.2. The van der Waals surface area contributed by atoms with Crippen LogP contribution in [0.15, 0.2) is 77.7 Å². The largest absolute Gasteiger partial charge is 0.495 e. The molecule has 3 aromatic rings. The molecule has 1 N–H and O–H groups in total. The van der Waals surface area contributed by atoms with E-state index in [1.54, 1.807) is 37.3 Å². The van der Waals surface area contributed by atoms with Crippen LogP contribution in [0.2, 0.25) is 0 Å². The molecule has 0 fully saturated rings. The van der Waals surface area contributed by atoms with E-state index in [-0.39, 0.29) is 28.4 Å². The van der Waals surface area contributed by atoms with Crippen molar-refractivity contribution in [3.63, 3.8) is 0 Å². The van der Waals surface area contributed by atoms with Crippen LogP contribution in [0.25, 0.3) is 0 Å². The van der Waals surface area contributed by atoms with Gasteiger partial charge in [-0.3, -0.25) is 9.10 Å². The first-order chi connectivity index (χ1) is 14.4. The van der Waals surface area contributed by atoms with Gasteiger partial charge in [-0.1, -0.05) is 24.3 Å². The molecule has 0 saturated carbocycles. The van der Waals surface area contributed by atoms with Gasteiger partial charge in [0.25, 0.3) is 15.9 Å². The molecule has 156 valence electrons. The lowest BCUT2D eigenvalue weighted by Crippen LogP contribution is -2.30. The van der Waals surface area contributed by atoms with E-state index >= 15 is 0 Å². The maximum Gasteiger partial charge on any atom is 0.264 e. The minimum Gasteiger partial charge on any atom is -0.495 e. The van der Waals surface area contributed by atoms with Gasteiger partial charge in [0, 0.05) is 12.1 Å². The van der Waals surface area contributed by atoms with Gasteiger partial charge < -0.3 is 10.1 Å². The van der Waals surface area contributed by atoms with Crippen LogP contribution in [0.5, 0.6) is 5.75 Å². The quantitative estimate of drug-likeness (QED) is 0.609. The van der Waals surface area contributed by atoms with Crippen molar-refractivity contribution in [3.8, 4) is 5.75 Å². The van der Waals surface area contributed by atoms with Gasteiger partial charge in [-0.2, -0.15) is 0 Å². The Labute approximate surface area is 175 Å².